The van der Waals surface area contributed by atoms with E-state index in [-0.39, 0.29) is 0 Å². The fourth-order valence-electron chi connectivity index (χ4n) is 2.08. The summed E-state index contributed by atoms with van der Waals surface area (Å²) in [6.07, 6.45) is 6.61. The SMILES string of the molecule is Cc1cc(OC2CCCCC2)ccc1O. The van der Waals surface area contributed by atoms with Gasteiger partial charge in [-0.1, -0.05) is 6.42 Å². The van der Waals surface area contributed by atoms with Crippen molar-refractivity contribution in [3.63, 3.8) is 0 Å². The molecule has 15 heavy (non-hydrogen) atoms. The minimum Gasteiger partial charge on any atom is -0.508 e. The van der Waals surface area contributed by atoms with Gasteiger partial charge in [-0.05, 0) is 56.4 Å². The summed E-state index contributed by atoms with van der Waals surface area (Å²) >= 11 is 0. The molecule has 0 bridgehead atoms. The van der Waals surface area contributed by atoms with Gasteiger partial charge in [0.25, 0.3) is 0 Å². The molecule has 0 radical (unpaired) electrons. The highest BCUT2D eigenvalue weighted by atomic mass is 16.5. The first-order valence-electron chi connectivity index (χ1n) is 5.72. The summed E-state index contributed by atoms with van der Waals surface area (Å²) in [5.41, 5.74) is 0.878. The van der Waals surface area contributed by atoms with Crippen molar-refractivity contribution in [2.24, 2.45) is 0 Å². The number of phenols is 1. The van der Waals surface area contributed by atoms with Gasteiger partial charge in [-0.15, -0.1) is 0 Å². The lowest BCUT2D eigenvalue weighted by atomic mass is 9.98. The van der Waals surface area contributed by atoms with E-state index in [9.17, 15) is 5.11 Å². The van der Waals surface area contributed by atoms with Crippen LogP contribution in [0.3, 0.4) is 0 Å². The molecule has 0 atom stereocenters. The van der Waals surface area contributed by atoms with Gasteiger partial charge in [0.15, 0.2) is 0 Å². The molecule has 1 aromatic carbocycles. The second kappa shape index (κ2) is 4.56. The normalized spacial score (nSPS) is 17.7. The van der Waals surface area contributed by atoms with Crippen LogP contribution in [-0.4, -0.2) is 11.2 Å². The Bertz CT molecular complexity index is 327. The molecule has 0 unspecified atom stereocenters. The van der Waals surface area contributed by atoms with Gasteiger partial charge in [0.2, 0.25) is 0 Å². The van der Waals surface area contributed by atoms with E-state index in [0.29, 0.717) is 11.9 Å². The first-order valence-corrected chi connectivity index (χ1v) is 5.72. The van der Waals surface area contributed by atoms with E-state index >= 15 is 0 Å². The molecule has 0 amide bonds. The van der Waals surface area contributed by atoms with E-state index in [0.717, 1.165) is 11.3 Å². The molecule has 0 heterocycles. The number of ether oxygens (including phenoxy) is 1. The van der Waals surface area contributed by atoms with Crippen molar-refractivity contribution < 1.29 is 9.84 Å². The van der Waals surface area contributed by atoms with Crippen LogP contribution < -0.4 is 4.74 Å². The van der Waals surface area contributed by atoms with Crippen molar-refractivity contribution in [2.75, 3.05) is 0 Å². The Morgan fingerprint density at radius 2 is 1.93 bits per heavy atom. The highest BCUT2D eigenvalue weighted by molar-refractivity contribution is 5.38. The molecule has 1 aliphatic carbocycles. The lowest BCUT2D eigenvalue weighted by Crippen LogP contribution is -2.19. The lowest BCUT2D eigenvalue weighted by molar-refractivity contribution is 0.155. The average molecular weight is 206 g/mol. The van der Waals surface area contributed by atoms with E-state index in [1.54, 1.807) is 6.07 Å². The standard InChI is InChI=1S/C13H18O2/c1-10-9-12(7-8-13(10)14)15-11-5-3-2-4-6-11/h7-9,11,14H,2-6H2,1H3. The average Bonchev–Trinajstić information content (AvgIpc) is 2.25. The minimum atomic E-state index is 0.339. The van der Waals surface area contributed by atoms with Gasteiger partial charge in [-0.25, -0.2) is 0 Å². The van der Waals surface area contributed by atoms with Crippen LogP contribution in [0.1, 0.15) is 37.7 Å². The lowest BCUT2D eigenvalue weighted by Gasteiger charge is -2.23. The molecule has 2 heteroatoms. The predicted octanol–water partition coefficient (Wildman–Crippen LogP) is 3.41. The number of phenolic OH excluding ortho intramolecular Hbond substituents is 1. The molecule has 1 N–H and O–H groups in total. The van der Waals surface area contributed by atoms with Gasteiger partial charge < -0.3 is 9.84 Å². The zero-order valence-corrected chi connectivity index (χ0v) is 9.20. The third-order valence-corrected chi connectivity index (χ3v) is 3.02. The zero-order valence-electron chi connectivity index (χ0n) is 9.20. The molecule has 1 fully saturated rings. The molecule has 0 aliphatic heterocycles. The van der Waals surface area contributed by atoms with E-state index in [2.05, 4.69) is 0 Å². The topological polar surface area (TPSA) is 29.5 Å². The Hall–Kier alpha value is -1.18. The number of aromatic hydroxyl groups is 1. The van der Waals surface area contributed by atoms with Crippen LogP contribution in [0.4, 0.5) is 0 Å². The smallest absolute Gasteiger partial charge is 0.120 e. The summed E-state index contributed by atoms with van der Waals surface area (Å²) in [7, 11) is 0. The Morgan fingerprint density at radius 3 is 2.60 bits per heavy atom. The first kappa shape index (κ1) is 10.3. The van der Waals surface area contributed by atoms with Gasteiger partial charge in [0.05, 0.1) is 6.10 Å². The largest absolute Gasteiger partial charge is 0.508 e. The predicted molar refractivity (Wildman–Crippen MR) is 60.3 cm³/mol. The Labute approximate surface area is 90.9 Å². The van der Waals surface area contributed by atoms with Crippen molar-refractivity contribution in [3.05, 3.63) is 23.8 Å². The molecule has 1 saturated carbocycles. The molecule has 0 saturated heterocycles. The maximum Gasteiger partial charge on any atom is 0.120 e. The molecular formula is C13H18O2. The van der Waals surface area contributed by atoms with Gasteiger partial charge in [0.1, 0.15) is 11.5 Å². The fraction of sp³-hybridized carbons (Fsp3) is 0.538. The van der Waals surface area contributed by atoms with Crippen molar-refractivity contribution in [1.29, 1.82) is 0 Å². The zero-order chi connectivity index (χ0) is 10.7. The van der Waals surface area contributed by atoms with Crippen LogP contribution >= 0.6 is 0 Å². The second-order valence-corrected chi connectivity index (χ2v) is 4.33. The summed E-state index contributed by atoms with van der Waals surface area (Å²) in [4.78, 5) is 0. The van der Waals surface area contributed by atoms with Crippen molar-refractivity contribution in [3.8, 4) is 11.5 Å². The summed E-state index contributed by atoms with van der Waals surface area (Å²) in [5, 5.41) is 9.39. The highest BCUT2D eigenvalue weighted by Crippen LogP contribution is 2.26. The molecule has 82 valence electrons. The number of rotatable bonds is 2. The second-order valence-electron chi connectivity index (χ2n) is 4.33. The van der Waals surface area contributed by atoms with Crippen LogP contribution in [0.5, 0.6) is 11.5 Å². The monoisotopic (exact) mass is 206 g/mol. The molecule has 0 spiro atoms. The van der Waals surface area contributed by atoms with E-state index in [1.807, 2.05) is 19.1 Å². The van der Waals surface area contributed by atoms with Gasteiger partial charge in [-0.2, -0.15) is 0 Å². The fourth-order valence-corrected chi connectivity index (χ4v) is 2.08. The number of aryl methyl sites for hydroxylation is 1. The molecule has 2 rings (SSSR count). The quantitative estimate of drug-likeness (QED) is 0.803. The first-order chi connectivity index (χ1) is 7.25. The Balaban J connectivity index is 2.00. The summed E-state index contributed by atoms with van der Waals surface area (Å²) in [6.45, 7) is 1.89. The van der Waals surface area contributed by atoms with Crippen molar-refractivity contribution in [2.45, 2.75) is 45.1 Å². The summed E-state index contributed by atoms with van der Waals surface area (Å²) < 4.78 is 5.88. The molecular weight excluding hydrogens is 188 g/mol. The molecule has 0 aromatic heterocycles. The van der Waals surface area contributed by atoms with Crippen LogP contribution in [0, 0.1) is 6.92 Å². The van der Waals surface area contributed by atoms with Crippen LogP contribution in [0.25, 0.3) is 0 Å². The molecule has 2 nitrogen and oxygen atoms in total. The summed E-state index contributed by atoms with van der Waals surface area (Å²) in [5.74, 6) is 1.23. The van der Waals surface area contributed by atoms with Crippen LogP contribution in [-0.2, 0) is 0 Å². The summed E-state index contributed by atoms with van der Waals surface area (Å²) in [6, 6.07) is 5.45. The van der Waals surface area contributed by atoms with Gasteiger partial charge >= 0.3 is 0 Å². The Kier molecular flexibility index (Phi) is 3.14. The minimum absolute atomic E-state index is 0.339. The van der Waals surface area contributed by atoms with E-state index in [4.69, 9.17) is 4.74 Å². The van der Waals surface area contributed by atoms with Crippen molar-refractivity contribution in [1.82, 2.24) is 0 Å². The number of hydrogen-bond acceptors (Lipinski definition) is 2. The maximum atomic E-state index is 9.39. The maximum absolute atomic E-state index is 9.39. The van der Waals surface area contributed by atoms with Crippen LogP contribution in [0.15, 0.2) is 18.2 Å². The van der Waals surface area contributed by atoms with Crippen LogP contribution in [0.2, 0.25) is 0 Å². The molecule has 1 aliphatic rings. The third kappa shape index (κ3) is 2.65. The van der Waals surface area contributed by atoms with Gasteiger partial charge in [0, 0.05) is 0 Å². The third-order valence-electron chi connectivity index (χ3n) is 3.02. The van der Waals surface area contributed by atoms with Crippen molar-refractivity contribution >= 4 is 0 Å². The number of benzene rings is 1. The Morgan fingerprint density at radius 1 is 1.20 bits per heavy atom. The van der Waals surface area contributed by atoms with Gasteiger partial charge in [-0.3, -0.25) is 0 Å². The van der Waals surface area contributed by atoms with E-state index < -0.39 is 0 Å². The van der Waals surface area contributed by atoms with E-state index in [1.165, 1.54) is 32.1 Å². The molecule has 1 aromatic rings. The number of hydrogen-bond donors (Lipinski definition) is 1. The highest BCUT2D eigenvalue weighted by Gasteiger charge is 2.14.